The van der Waals surface area contributed by atoms with Gasteiger partial charge in [0.1, 0.15) is 5.75 Å². The molecule has 0 radical (unpaired) electrons. The monoisotopic (exact) mass is 600 g/mol. The Morgan fingerprint density at radius 2 is 0.744 bits per heavy atom. The Morgan fingerprint density at radius 3 is 1.07 bits per heavy atom. The van der Waals surface area contributed by atoms with E-state index in [-0.39, 0.29) is 10.1 Å². The van der Waals surface area contributed by atoms with Crippen molar-refractivity contribution in [1.82, 2.24) is 0 Å². The maximum atomic E-state index is 7.24. The molecule has 5 rings (SSSR count). The molecule has 5 aromatic carbocycles. The first kappa shape index (κ1) is 30.7. The van der Waals surface area contributed by atoms with Crippen LogP contribution in [-0.4, -0.2) is 16.6 Å². The molecular formula is C39H44O2Si2. The molecule has 0 bridgehead atoms. The Hall–Kier alpha value is -3.71. The fourth-order valence-electron chi connectivity index (χ4n) is 6.43. The van der Waals surface area contributed by atoms with Gasteiger partial charge in [-0.25, -0.2) is 0 Å². The van der Waals surface area contributed by atoms with Gasteiger partial charge in [0.2, 0.25) is 0 Å². The molecular weight excluding hydrogens is 557 g/mol. The summed E-state index contributed by atoms with van der Waals surface area (Å²) >= 11 is 0. The van der Waals surface area contributed by atoms with Crippen LogP contribution in [0.25, 0.3) is 0 Å². The van der Waals surface area contributed by atoms with Crippen molar-refractivity contribution in [2.24, 2.45) is 0 Å². The third-order valence-corrected chi connectivity index (χ3v) is 18.4. The highest BCUT2D eigenvalue weighted by atomic mass is 28.4. The van der Waals surface area contributed by atoms with Gasteiger partial charge in [-0.1, -0.05) is 175 Å². The smallest absolute Gasteiger partial charge is 0.319 e. The zero-order valence-electron chi connectivity index (χ0n) is 26.4. The summed E-state index contributed by atoms with van der Waals surface area (Å²) in [5, 5.41) is 4.96. The van der Waals surface area contributed by atoms with E-state index in [0.29, 0.717) is 6.61 Å². The van der Waals surface area contributed by atoms with Gasteiger partial charge < -0.3 is 8.85 Å². The fourth-order valence-corrected chi connectivity index (χ4v) is 15.4. The van der Waals surface area contributed by atoms with E-state index in [1.165, 1.54) is 20.7 Å². The van der Waals surface area contributed by atoms with E-state index in [2.05, 4.69) is 187 Å². The third kappa shape index (κ3) is 6.05. The van der Waals surface area contributed by atoms with Crippen LogP contribution in [0.3, 0.4) is 0 Å². The van der Waals surface area contributed by atoms with Crippen molar-refractivity contribution in [1.29, 1.82) is 0 Å². The average molecular weight is 601 g/mol. The lowest BCUT2D eigenvalue weighted by Crippen LogP contribution is -2.68. The third-order valence-electron chi connectivity index (χ3n) is 8.48. The van der Waals surface area contributed by atoms with Gasteiger partial charge in [0.25, 0.3) is 8.32 Å². The Balaban J connectivity index is 1.49. The SMILES string of the molecule is CC(C)(C)[Si](OCc1ccc(O[Si](c2ccccc2)(c2ccccc2)C(C)(C)C)cc1)(c1ccccc1)c1ccccc1. The molecule has 0 saturated heterocycles. The fraction of sp³-hybridized carbons (Fsp3) is 0.231. The molecule has 0 N–H and O–H groups in total. The standard InChI is InChI=1S/C39H44O2Si2/c1-38(2,3)42(34-19-11-7-12-20-34,35-21-13-8-14-22-35)40-31-32-27-29-33(30-28-32)41-43(39(4,5)6,36-23-15-9-16-24-36)37-25-17-10-18-26-37/h7-30H,31H2,1-6H3. The maximum absolute atomic E-state index is 7.24. The zero-order valence-corrected chi connectivity index (χ0v) is 28.4. The van der Waals surface area contributed by atoms with Crippen molar-refractivity contribution in [3.05, 3.63) is 151 Å². The van der Waals surface area contributed by atoms with E-state index in [1.807, 2.05) is 0 Å². The highest BCUT2D eigenvalue weighted by molar-refractivity contribution is 7.00. The lowest BCUT2D eigenvalue weighted by Gasteiger charge is -2.43. The molecule has 5 aromatic rings. The molecule has 0 heterocycles. The van der Waals surface area contributed by atoms with Crippen LogP contribution in [0.2, 0.25) is 10.1 Å². The molecule has 43 heavy (non-hydrogen) atoms. The number of hydrogen-bond acceptors (Lipinski definition) is 2. The molecule has 0 aromatic heterocycles. The van der Waals surface area contributed by atoms with Crippen molar-refractivity contribution in [2.75, 3.05) is 0 Å². The average Bonchev–Trinajstić information content (AvgIpc) is 3.01. The van der Waals surface area contributed by atoms with E-state index in [4.69, 9.17) is 8.85 Å². The summed E-state index contributed by atoms with van der Waals surface area (Å²) in [6.07, 6.45) is 0. The largest absolute Gasteiger partial charge is 0.534 e. The molecule has 220 valence electrons. The van der Waals surface area contributed by atoms with Gasteiger partial charge in [-0.05, 0) is 48.5 Å². The van der Waals surface area contributed by atoms with Crippen molar-refractivity contribution in [2.45, 2.75) is 58.2 Å². The minimum atomic E-state index is -2.69. The molecule has 0 atom stereocenters. The van der Waals surface area contributed by atoms with E-state index >= 15 is 0 Å². The van der Waals surface area contributed by atoms with Crippen LogP contribution in [0.5, 0.6) is 5.75 Å². The highest BCUT2D eigenvalue weighted by Gasteiger charge is 2.52. The molecule has 0 aliphatic heterocycles. The van der Waals surface area contributed by atoms with E-state index < -0.39 is 16.6 Å². The van der Waals surface area contributed by atoms with Gasteiger partial charge in [-0.2, -0.15) is 0 Å². The van der Waals surface area contributed by atoms with Gasteiger partial charge in [0, 0.05) is 0 Å². The van der Waals surface area contributed by atoms with E-state index in [9.17, 15) is 0 Å². The molecule has 0 amide bonds. The Morgan fingerprint density at radius 1 is 0.419 bits per heavy atom. The molecule has 0 aliphatic rings. The van der Waals surface area contributed by atoms with Crippen LogP contribution in [0.4, 0.5) is 0 Å². The second-order valence-corrected chi connectivity index (χ2v) is 21.9. The first-order valence-corrected chi connectivity index (χ1v) is 19.0. The van der Waals surface area contributed by atoms with Crippen molar-refractivity contribution < 1.29 is 8.85 Å². The van der Waals surface area contributed by atoms with Crippen LogP contribution >= 0.6 is 0 Å². The summed E-state index contributed by atoms with van der Waals surface area (Å²) in [5.41, 5.74) is 1.14. The highest BCUT2D eigenvalue weighted by Crippen LogP contribution is 2.39. The van der Waals surface area contributed by atoms with Crippen molar-refractivity contribution >= 4 is 37.4 Å². The van der Waals surface area contributed by atoms with Crippen molar-refractivity contribution in [3.63, 3.8) is 0 Å². The Labute approximate surface area is 260 Å². The summed E-state index contributed by atoms with van der Waals surface area (Å²) in [7, 11) is -5.31. The number of benzene rings is 5. The minimum absolute atomic E-state index is 0.0674. The normalized spacial score (nSPS) is 12.6. The van der Waals surface area contributed by atoms with Crippen LogP contribution in [0.15, 0.2) is 146 Å². The zero-order chi connectivity index (χ0) is 30.6. The molecule has 2 nitrogen and oxygen atoms in total. The number of hydrogen-bond donors (Lipinski definition) is 0. The van der Waals surface area contributed by atoms with E-state index in [0.717, 1.165) is 11.3 Å². The summed E-state index contributed by atoms with van der Waals surface area (Å²) in [5.74, 6) is 0.892. The Bertz CT molecular complexity index is 1490. The molecule has 0 spiro atoms. The summed E-state index contributed by atoms with van der Waals surface area (Å²) in [4.78, 5) is 0. The molecule has 4 heteroatoms. The van der Waals surface area contributed by atoms with Crippen LogP contribution in [0.1, 0.15) is 47.1 Å². The quantitative estimate of drug-likeness (QED) is 0.161. The molecule has 0 fully saturated rings. The van der Waals surface area contributed by atoms with Gasteiger partial charge in [-0.15, -0.1) is 0 Å². The Kier molecular flexibility index (Phi) is 8.93. The van der Waals surface area contributed by atoms with Crippen LogP contribution in [0, 0.1) is 0 Å². The number of rotatable bonds is 9. The van der Waals surface area contributed by atoms with Crippen molar-refractivity contribution in [3.8, 4) is 5.75 Å². The summed E-state index contributed by atoms with van der Waals surface area (Å²) in [6.45, 7) is 14.4. The molecule has 0 saturated carbocycles. The summed E-state index contributed by atoms with van der Waals surface area (Å²) in [6, 6.07) is 51.9. The van der Waals surface area contributed by atoms with E-state index in [1.54, 1.807) is 0 Å². The van der Waals surface area contributed by atoms with Crippen LogP contribution < -0.4 is 25.2 Å². The van der Waals surface area contributed by atoms with Gasteiger partial charge in [0.15, 0.2) is 0 Å². The lowest BCUT2D eigenvalue weighted by atomic mass is 10.2. The second kappa shape index (κ2) is 12.5. The first-order chi connectivity index (χ1) is 20.6. The summed E-state index contributed by atoms with van der Waals surface area (Å²) < 4.78 is 14.4. The second-order valence-electron chi connectivity index (χ2n) is 13.4. The van der Waals surface area contributed by atoms with Gasteiger partial charge in [-0.3, -0.25) is 0 Å². The molecule has 0 unspecified atom stereocenters. The predicted octanol–water partition coefficient (Wildman–Crippen LogP) is 7.70. The van der Waals surface area contributed by atoms with Gasteiger partial charge in [0.05, 0.1) is 6.61 Å². The minimum Gasteiger partial charge on any atom is -0.534 e. The van der Waals surface area contributed by atoms with Gasteiger partial charge >= 0.3 is 8.32 Å². The van der Waals surface area contributed by atoms with Crippen LogP contribution in [-0.2, 0) is 11.0 Å². The molecule has 0 aliphatic carbocycles. The predicted molar refractivity (Wildman–Crippen MR) is 187 cm³/mol. The maximum Gasteiger partial charge on any atom is 0.319 e. The topological polar surface area (TPSA) is 18.5 Å². The first-order valence-electron chi connectivity index (χ1n) is 15.2. The lowest BCUT2D eigenvalue weighted by molar-refractivity contribution is 0.286.